The van der Waals surface area contributed by atoms with Gasteiger partial charge in [0, 0.05) is 17.4 Å². The molecule has 0 spiro atoms. The number of aryl methyl sites for hydroxylation is 1. The Hall–Kier alpha value is -4.25. The van der Waals surface area contributed by atoms with Crippen molar-refractivity contribution in [1.82, 2.24) is 9.97 Å². The number of aromatic nitrogens is 2. The second kappa shape index (κ2) is 8.47. The molecule has 32 heavy (non-hydrogen) atoms. The number of hydrogen-bond acceptors (Lipinski definition) is 4. The maximum Gasteiger partial charge on any atom is 0.236 e. The first-order valence-electron chi connectivity index (χ1n) is 10.4. The highest BCUT2D eigenvalue weighted by atomic mass is 16.3. The van der Waals surface area contributed by atoms with E-state index in [1.54, 1.807) is 6.20 Å². The van der Waals surface area contributed by atoms with Gasteiger partial charge in [-0.15, -0.1) is 0 Å². The lowest BCUT2D eigenvalue weighted by atomic mass is 9.90. The average molecular weight is 419 g/mol. The summed E-state index contributed by atoms with van der Waals surface area (Å²) in [5.74, 6) is 0.0232. The van der Waals surface area contributed by atoms with Crippen molar-refractivity contribution in [2.75, 3.05) is 5.32 Å². The lowest BCUT2D eigenvalue weighted by Gasteiger charge is -2.19. The van der Waals surface area contributed by atoms with Crippen LogP contribution in [0.2, 0.25) is 0 Å². The van der Waals surface area contributed by atoms with Gasteiger partial charge < -0.3 is 9.73 Å². The fourth-order valence-corrected chi connectivity index (χ4v) is 3.82. The van der Waals surface area contributed by atoms with E-state index in [1.807, 2.05) is 97.9 Å². The van der Waals surface area contributed by atoms with Crippen LogP contribution in [0.5, 0.6) is 0 Å². The maximum absolute atomic E-state index is 13.4. The third kappa shape index (κ3) is 3.88. The van der Waals surface area contributed by atoms with Crippen LogP contribution in [0.1, 0.15) is 22.6 Å². The second-order valence-electron chi connectivity index (χ2n) is 7.62. The summed E-state index contributed by atoms with van der Waals surface area (Å²) in [5.41, 5.74) is 5.63. The molecule has 0 atom stereocenters. The minimum Gasteiger partial charge on any atom is -0.434 e. The van der Waals surface area contributed by atoms with E-state index in [9.17, 15) is 4.79 Å². The van der Waals surface area contributed by atoms with E-state index in [2.05, 4.69) is 15.3 Å². The Labute approximate surface area is 185 Å². The molecule has 1 N–H and O–H groups in total. The average Bonchev–Trinajstić information content (AvgIpc) is 3.26. The van der Waals surface area contributed by atoms with E-state index in [-0.39, 0.29) is 5.91 Å². The first-order valence-corrected chi connectivity index (χ1v) is 10.4. The smallest absolute Gasteiger partial charge is 0.236 e. The van der Waals surface area contributed by atoms with Gasteiger partial charge in [0.25, 0.3) is 0 Å². The Bertz CT molecular complexity index is 1310. The third-order valence-corrected chi connectivity index (χ3v) is 5.42. The number of benzene rings is 3. The second-order valence-corrected chi connectivity index (χ2v) is 7.62. The highest BCUT2D eigenvalue weighted by Crippen LogP contribution is 2.29. The summed E-state index contributed by atoms with van der Waals surface area (Å²) in [6, 6.07) is 29.0. The van der Waals surface area contributed by atoms with Crippen LogP contribution in [0.4, 0.5) is 5.69 Å². The van der Waals surface area contributed by atoms with Crippen LogP contribution in [0.25, 0.3) is 22.7 Å². The highest BCUT2D eigenvalue weighted by Gasteiger charge is 2.23. The number of fused-ring (bicyclic) bond motifs is 1. The predicted octanol–water partition coefficient (Wildman–Crippen LogP) is 5.97. The number of nitrogens with zero attached hydrogens (tertiary/aromatic N) is 2. The van der Waals surface area contributed by atoms with Crippen molar-refractivity contribution in [3.63, 3.8) is 0 Å². The molecule has 0 aliphatic carbocycles. The van der Waals surface area contributed by atoms with Crippen LogP contribution < -0.4 is 5.32 Å². The van der Waals surface area contributed by atoms with E-state index >= 15 is 0 Å². The summed E-state index contributed by atoms with van der Waals surface area (Å²) in [7, 11) is 0. The number of oxazole rings is 1. The zero-order chi connectivity index (χ0) is 21.9. The van der Waals surface area contributed by atoms with Gasteiger partial charge >= 0.3 is 0 Å². The summed E-state index contributed by atoms with van der Waals surface area (Å²) in [4.78, 5) is 22.1. The molecule has 2 heterocycles. The van der Waals surface area contributed by atoms with Crippen LogP contribution in [-0.2, 0) is 4.79 Å². The first kappa shape index (κ1) is 19.7. The molecule has 0 unspecified atom stereocenters. The monoisotopic (exact) mass is 419 g/mol. The Kier molecular flexibility index (Phi) is 5.22. The number of hydrogen-bond donors (Lipinski definition) is 1. The fourth-order valence-electron chi connectivity index (χ4n) is 3.82. The summed E-state index contributed by atoms with van der Waals surface area (Å²) >= 11 is 0. The standard InChI is InChI=1S/C27H21N3O2/c1-18-17-21(27-30-25-23(32-27)13-8-16-28-25)14-15-22(18)29-26(31)24(19-9-4-2-5-10-19)20-11-6-3-7-12-20/h2-17,24H,1H3,(H,29,31). The van der Waals surface area contributed by atoms with Gasteiger partial charge in [0.15, 0.2) is 11.2 Å². The van der Waals surface area contributed by atoms with Crippen molar-refractivity contribution in [3.05, 3.63) is 114 Å². The molecule has 0 aliphatic heterocycles. The van der Waals surface area contributed by atoms with Gasteiger partial charge in [0.1, 0.15) is 0 Å². The topological polar surface area (TPSA) is 68.0 Å². The van der Waals surface area contributed by atoms with Gasteiger partial charge in [-0.3, -0.25) is 4.79 Å². The molecule has 5 rings (SSSR count). The van der Waals surface area contributed by atoms with Gasteiger partial charge in [0.05, 0.1) is 5.92 Å². The molecule has 156 valence electrons. The molecule has 0 saturated heterocycles. The van der Waals surface area contributed by atoms with E-state index in [4.69, 9.17) is 4.42 Å². The van der Waals surface area contributed by atoms with Gasteiger partial charge in [-0.05, 0) is 53.9 Å². The molecule has 0 fully saturated rings. The molecule has 0 radical (unpaired) electrons. The quantitative estimate of drug-likeness (QED) is 0.381. The number of amides is 1. The summed E-state index contributed by atoms with van der Waals surface area (Å²) < 4.78 is 5.82. The minimum absolute atomic E-state index is 0.0793. The Balaban J connectivity index is 1.44. The summed E-state index contributed by atoms with van der Waals surface area (Å²) in [6.07, 6.45) is 1.69. The van der Waals surface area contributed by atoms with Crippen molar-refractivity contribution >= 4 is 22.8 Å². The largest absolute Gasteiger partial charge is 0.434 e. The lowest BCUT2D eigenvalue weighted by molar-refractivity contribution is -0.116. The molecule has 3 aromatic carbocycles. The van der Waals surface area contributed by atoms with Crippen molar-refractivity contribution < 1.29 is 9.21 Å². The highest BCUT2D eigenvalue weighted by molar-refractivity contribution is 5.98. The molecule has 0 aliphatic rings. The molecule has 1 amide bonds. The van der Waals surface area contributed by atoms with E-state index in [1.165, 1.54) is 0 Å². The summed E-state index contributed by atoms with van der Waals surface area (Å²) in [6.45, 7) is 1.96. The zero-order valence-electron chi connectivity index (χ0n) is 17.5. The summed E-state index contributed by atoms with van der Waals surface area (Å²) in [5, 5.41) is 3.11. The van der Waals surface area contributed by atoms with Crippen molar-refractivity contribution in [1.29, 1.82) is 0 Å². The predicted molar refractivity (Wildman–Crippen MR) is 125 cm³/mol. The molecular formula is C27H21N3O2. The van der Waals surface area contributed by atoms with E-state index < -0.39 is 5.92 Å². The van der Waals surface area contributed by atoms with Crippen LogP contribution in [0, 0.1) is 6.92 Å². The Morgan fingerprint density at radius 2 is 1.56 bits per heavy atom. The Morgan fingerprint density at radius 3 is 2.19 bits per heavy atom. The van der Waals surface area contributed by atoms with Crippen LogP contribution in [0.15, 0.2) is 102 Å². The molecule has 5 aromatic rings. The molecule has 2 aromatic heterocycles. The van der Waals surface area contributed by atoms with Gasteiger partial charge in [0.2, 0.25) is 11.8 Å². The maximum atomic E-state index is 13.4. The molecule has 5 heteroatoms. The number of pyridine rings is 1. The SMILES string of the molecule is Cc1cc(-c2nc3ncccc3o2)ccc1NC(=O)C(c1ccccc1)c1ccccc1. The molecule has 0 saturated carbocycles. The fraction of sp³-hybridized carbons (Fsp3) is 0.0741. The van der Waals surface area contributed by atoms with Crippen LogP contribution >= 0.6 is 0 Å². The van der Waals surface area contributed by atoms with Gasteiger partial charge in [-0.25, -0.2) is 4.98 Å². The lowest BCUT2D eigenvalue weighted by Crippen LogP contribution is -2.22. The zero-order valence-corrected chi connectivity index (χ0v) is 17.5. The molecular weight excluding hydrogens is 398 g/mol. The number of rotatable bonds is 5. The van der Waals surface area contributed by atoms with Crippen molar-refractivity contribution in [2.45, 2.75) is 12.8 Å². The molecule has 0 bridgehead atoms. The Morgan fingerprint density at radius 1 is 0.875 bits per heavy atom. The van der Waals surface area contributed by atoms with Crippen LogP contribution in [-0.4, -0.2) is 15.9 Å². The third-order valence-electron chi connectivity index (χ3n) is 5.42. The normalized spacial score (nSPS) is 11.1. The van der Waals surface area contributed by atoms with Gasteiger partial charge in [-0.1, -0.05) is 60.7 Å². The van der Waals surface area contributed by atoms with E-state index in [0.717, 1.165) is 27.9 Å². The number of carbonyl (C=O) groups excluding carboxylic acids is 1. The first-order chi connectivity index (χ1) is 15.7. The van der Waals surface area contributed by atoms with Crippen LogP contribution in [0.3, 0.4) is 0 Å². The molecule has 5 nitrogen and oxygen atoms in total. The number of nitrogens with one attached hydrogen (secondary N) is 1. The van der Waals surface area contributed by atoms with Crippen molar-refractivity contribution in [3.8, 4) is 11.5 Å². The van der Waals surface area contributed by atoms with E-state index in [0.29, 0.717) is 17.1 Å². The number of carbonyl (C=O) groups is 1. The minimum atomic E-state index is -0.403. The van der Waals surface area contributed by atoms with Gasteiger partial charge in [-0.2, -0.15) is 4.98 Å². The number of anilines is 1. The van der Waals surface area contributed by atoms with Crippen molar-refractivity contribution in [2.24, 2.45) is 0 Å².